The molecule has 6 heteroatoms. The van der Waals surface area contributed by atoms with Crippen LogP contribution in [-0.2, 0) is 0 Å². The Labute approximate surface area is 392 Å². The lowest BCUT2D eigenvalue weighted by Crippen LogP contribution is -2.07. The molecule has 0 N–H and O–H groups in total. The number of nitrogens with zero attached hydrogens (tertiary/aromatic N) is 6. The standard InChI is InChI=1S/C62H40N6/c1-5-18-41(19-6-1)46-26-17-27-47(38-46)55-40-48(42-20-7-2-8-21-42)39-54(63-55)43-32-34-49(35-33-43)67-56-30-15-13-28-50(56)52-36-37-53-51-29-14-16-31-57(51)68(59(53)58(52)67)62-65-60(44-22-9-3-10-23-44)64-61(66-62)45-24-11-4-12-25-45/h1-40H. The van der Waals surface area contributed by atoms with Crippen molar-refractivity contribution in [2.24, 2.45) is 0 Å². The highest BCUT2D eigenvalue weighted by molar-refractivity contribution is 6.23. The van der Waals surface area contributed by atoms with E-state index in [0.29, 0.717) is 17.6 Å². The van der Waals surface area contributed by atoms with E-state index in [0.717, 1.165) is 99.6 Å². The maximum absolute atomic E-state index is 5.37. The molecule has 0 saturated heterocycles. The molecule has 0 atom stereocenters. The highest BCUT2D eigenvalue weighted by atomic mass is 15.2. The molecule has 0 aliphatic rings. The quantitative estimate of drug-likeness (QED) is 0.153. The van der Waals surface area contributed by atoms with E-state index in [1.165, 1.54) is 5.56 Å². The lowest BCUT2D eigenvalue weighted by molar-refractivity contribution is 0.953. The first-order chi connectivity index (χ1) is 33.7. The van der Waals surface area contributed by atoms with E-state index >= 15 is 0 Å². The van der Waals surface area contributed by atoms with Crippen LogP contribution in [0.1, 0.15) is 0 Å². The molecule has 4 heterocycles. The summed E-state index contributed by atoms with van der Waals surface area (Å²) in [6.07, 6.45) is 0. The number of rotatable bonds is 8. The second-order valence-corrected chi connectivity index (χ2v) is 17.1. The van der Waals surface area contributed by atoms with Crippen LogP contribution in [0.15, 0.2) is 243 Å². The third kappa shape index (κ3) is 6.74. The van der Waals surface area contributed by atoms with Gasteiger partial charge in [-0.1, -0.05) is 200 Å². The van der Waals surface area contributed by atoms with Crippen LogP contribution < -0.4 is 0 Å². The Kier molecular flexibility index (Phi) is 9.39. The number of fused-ring (bicyclic) bond motifs is 7. The fourth-order valence-electron chi connectivity index (χ4n) is 9.77. The van der Waals surface area contributed by atoms with Crippen LogP contribution in [0.3, 0.4) is 0 Å². The van der Waals surface area contributed by atoms with E-state index in [9.17, 15) is 0 Å². The first kappa shape index (κ1) is 39.1. The smallest absolute Gasteiger partial charge is 0.238 e. The molecule has 0 unspecified atom stereocenters. The van der Waals surface area contributed by atoms with Gasteiger partial charge in [0.15, 0.2) is 11.6 Å². The van der Waals surface area contributed by atoms with Crippen molar-refractivity contribution < 1.29 is 0 Å². The summed E-state index contributed by atoms with van der Waals surface area (Å²) in [6.45, 7) is 0. The normalized spacial score (nSPS) is 11.5. The number of hydrogen-bond donors (Lipinski definition) is 0. The Morgan fingerprint density at radius 3 is 1.26 bits per heavy atom. The molecule has 0 amide bonds. The van der Waals surface area contributed by atoms with Gasteiger partial charge in [-0.15, -0.1) is 0 Å². The van der Waals surface area contributed by atoms with Gasteiger partial charge in [0.05, 0.1) is 33.5 Å². The SMILES string of the molecule is c1ccc(-c2cccc(-c3cc(-c4ccccc4)cc(-c4ccc(-n5c6ccccc6c6ccc7c8ccccc8n(-c8nc(-c9ccccc9)nc(-c9ccccc9)n8)c7c65)cc4)n3)c2)cc1. The van der Waals surface area contributed by atoms with Gasteiger partial charge in [-0.25, -0.2) is 9.97 Å². The minimum atomic E-state index is 0.554. The fraction of sp³-hybridized carbons (Fsp3) is 0. The van der Waals surface area contributed by atoms with Crippen molar-refractivity contribution in [2.75, 3.05) is 0 Å². The monoisotopic (exact) mass is 868 g/mol. The zero-order valence-corrected chi connectivity index (χ0v) is 36.8. The molecule has 9 aromatic carbocycles. The lowest BCUT2D eigenvalue weighted by Gasteiger charge is -2.14. The molecule has 0 radical (unpaired) electrons. The largest absolute Gasteiger partial charge is 0.307 e. The molecule has 0 spiro atoms. The molecule has 0 saturated carbocycles. The second-order valence-electron chi connectivity index (χ2n) is 17.1. The predicted molar refractivity (Wildman–Crippen MR) is 279 cm³/mol. The van der Waals surface area contributed by atoms with Gasteiger partial charge in [-0.3, -0.25) is 4.57 Å². The Morgan fingerprint density at radius 1 is 0.250 bits per heavy atom. The zero-order valence-electron chi connectivity index (χ0n) is 36.8. The van der Waals surface area contributed by atoms with E-state index in [2.05, 4.69) is 215 Å². The Morgan fingerprint density at radius 2 is 0.691 bits per heavy atom. The lowest BCUT2D eigenvalue weighted by atomic mass is 9.98. The van der Waals surface area contributed by atoms with E-state index in [-0.39, 0.29) is 0 Å². The van der Waals surface area contributed by atoms with Crippen molar-refractivity contribution in [1.29, 1.82) is 0 Å². The Hall–Kier alpha value is -9.26. The van der Waals surface area contributed by atoms with Crippen LogP contribution in [-0.4, -0.2) is 29.1 Å². The highest BCUT2D eigenvalue weighted by Gasteiger charge is 2.24. The van der Waals surface area contributed by atoms with Crippen molar-refractivity contribution in [1.82, 2.24) is 29.1 Å². The molecule has 0 aliphatic carbocycles. The van der Waals surface area contributed by atoms with Crippen LogP contribution in [0.25, 0.3) is 123 Å². The van der Waals surface area contributed by atoms with E-state index in [1.807, 2.05) is 36.4 Å². The molecule has 0 aliphatic heterocycles. The van der Waals surface area contributed by atoms with Crippen molar-refractivity contribution >= 4 is 43.6 Å². The summed E-state index contributed by atoms with van der Waals surface area (Å²) in [5.41, 5.74) is 15.6. The van der Waals surface area contributed by atoms with Crippen molar-refractivity contribution in [3.8, 4) is 79.2 Å². The number of pyridine rings is 1. The number of benzene rings is 9. The Balaban J connectivity index is 1.02. The molecule has 13 rings (SSSR count). The summed E-state index contributed by atoms with van der Waals surface area (Å²) in [6, 6.07) is 85.1. The van der Waals surface area contributed by atoms with Gasteiger partial charge in [0.25, 0.3) is 0 Å². The molecular weight excluding hydrogens is 829 g/mol. The molecule has 4 aromatic heterocycles. The second kappa shape index (κ2) is 16.3. The van der Waals surface area contributed by atoms with Gasteiger partial charge < -0.3 is 4.57 Å². The molecule has 0 bridgehead atoms. The van der Waals surface area contributed by atoms with Gasteiger partial charge in [-0.05, 0) is 64.7 Å². The number of aromatic nitrogens is 6. The maximum atomic E-state index is 5.37. The minimum absolute atomic E-state index is 0.554. The predicted octanol–water partition coefficient (Wildman–Crippen LogP) is 15.5. The maximum Gasteiger partial charge on any atom is 0.238 e. The van der Waals surface area contributed by atoms with Crippen LogP contribution in [0, 0.1) is 0 Å². The molecule has 318 valence electrons. The highest BCUT2D eigenvalue weighted by Crippen LogP contribution is 2.42. The van der Waals surface area contributed by atoms with Crippen molar-refractivity contribution in [3.63, 3.8) is 0 Å². The summed E-state index contributed by atoms with van der Waals surface area (Å²) < 4.78 is 4.64. The van der Waals surface area contributed by atoms with Crippen LogP contribution in [0.4, 0.5) is 0 Å². The first-order valence-electron chi connectivity index (χ1n) is 22.9. The van der Waals surface area contributed by atoms with E-state index < -0.39 is 0 Å². The first-order valence-corrected chi connectivity index (χ1v) is 22.9. The van der Waals surface area contributed by atoms with Crippen LogP contribution >= 0.6 is 0 Å². The summed E-state index contributed by atoms with van der Waals surface area (Å²) in [4.78, 5) is 21.0. The average molecular weight is 869 g/mol. The summed E-state index contributed by atoms with van der Waals surface area (Å²) in [7, 11) is 0. The summed E-state index contributed by atoms with van der Waals surface area (Å²) >= 11 is 0. The average Bonchev–Trinajstić information content (AvgIpc) is 3.95. The summed E-state index contributed by atoms with van der Waals surface area (Å²) in [5.74, 6) is 1.78. The fourth-order valence-corrected chi connectivity index (χ4v) is 9.77. The molecule has 0 fully saturated rings. The molecular formula is C62H40N6. The van der Waals surface area contributed by atoms with Crippen LogP contribution in [0.2, 0.25) is 0 Å². The van der Waals surface area contributed by atoms with E-state index in [4.69, 9.17) is 19.9 Å². The summed E-state index contributed by atoms with van der Waals surface area (Å²) in [5, 5.41) is 4.54. The van der Waals surface area contributed by atoms with Gasteiger partial charge in [0, 0.05) is 49.5 Å². The van der Waals surface area contributed by atoms with Gasteiger partial charge in [0.1, 0.15) is 0 Å². The molecule has 13 aromatic rings. The van der Waals surface area contributed by atoms with Crippen molar-refractivity contribution in [2.45, 2.75) is 0 Å². The molecule has 68 heavy (non-hydrogen) atoms. The van der Waals surface area contributed by atoms with Crippen molar-refractivity contribution in [3.05, 3.63) is 243 Å². The third-order valence-electron chi connectivity index (χ3n) is 13.0. The third-order valence-corrected chi connectivity index (χ3v) is 13.0. The zero-order chi connectivity index (χ0) is 45.0. The van der Waals surface area contributed by atoms with Gasteiger partial charge >= 0.3 is 0 Å². The molecule has 6 nitrogen and oxygen atoms in total. The Bertz CT molecular complexity index is 3930. The van der Waals surface area contributed by atoms with Crippen LogP contribution in [0.5, 0.6) is 0 Å². The number of para-hydroxylation sites is 2. The number of hydrogen-bond acceptors (Lipinski definition) is 4. The topological polar surface area (TPSA) is 61.4 Å². The van der Waals surface area contributed by atoms with E-state index in [1.54, 1.807) is 0 Å². The minimum Gasteiger partial charge on any atom is -0.307 e. The van der Waals surface area contributed by atoms with Gasteiger partial charge in [-0.2, -0.15) is 9.97 Å². The van der Waals surface area contributed by atoms with Gasteiger partial charge in [0.2, 0.25) is 5.95 Å².